The van der Waals surface area contributed by atoms with Crippen LogP contribution in [0.15, 0.2) is 11.9 Å². The summed E-state index contributed by atoms with van der Waals surface area (Å²) in [4.78, 5) is 2.39. The average Bonchev–Trinajstić information content (AvgIpc) is 2.51. The maximum Gasteiger partial charge on any atom is 0.0942 e. The van der Waals surface area contributed by atoms with Crippen LogP contribution in [-0.2, 0) is 0 Å². The fourth-order valence-corrected chi connectivity index (χ4v) is 2.72. The molecular formula is C19H40N2. The van der Waals surface area contributed by atoms with Gasteiger partial charge >= 0.3 is 0 Å². The second-order valence-electron chi connectivity index (χ2n) is 6.24. The van der Waals surface area contributed by atoms with Crippen LogP contribution in [0.25, 0.3) is 0 Å². The van der Waals surface area contributed by atoms with Gasteiger partial charge in [0.2, 0.25) is 0 Å². The fraction of sp³-hybridized carbons (Fsp3) is 0.895. The molecule has 2 nitrogen and oxygen atoms in total. The quantitative estimate of drug-likeness (QED) is 0.385. The lowest BCUT2D eigenvalue weighted by Crippen LogP contribution is -2.29. The summed E-state index contributed by atoms with van der Waals surface area (Å²) in [5, 5.41) is 0. The maximum absolute atomic E-state index is 6.13. The first-order valence-electron chi connectivity index (χ1n) is 9.42. The normalized spacial score (nSPS) is 11.9. The summed E-state index contributed by atoms with van der Waals surface area (Å²) in [6, 6.07) is 0. The summed E-state index contributed by atoms with van der Waals surface area (Å²) in [6.45, 7) is 8.86. The molecule has 2 N–H and O–H groups in total. The van der Waals surface area contributed by atoms with Gasteiger partial charge in [0, 0.05) is 13.1 Å². The largest absolute Gasteiger partial charge is 0.386 e. The zero-order valence-corrected chi connectivity index (χ0v) is 15.0. The van der Waals surface area contributed by atoms with E-state index in [1.165, 1.54) is 77.0 Å². The fourth-order valence-electron chi connectivity index (χ4n) is 2.72. The third-order valence-corrected chi connectivity index (χ3v) is 4.22. The number of allylic oxidation sites excluding steroid dienone is 1. The van der Waals surface area contributed by atoms with Gasteiger partial charge in [-0.2, -0.15) is 0 Å². The molecular weight excluding hydrogens is 256 g/mol. The Morgan fingerprint density at radius 2 is 1.10 bits per heavy atom. The third-order valence-electron chi connectivity index (χ3n) is 4.22. The molecule has 0 atom stereocenters. The van der Waals surface area contributed by atoms with E-state index in [2.05, 4.69) is 18.7 Å². The van der Waals surface area contributed by atoms with Crippen LogP contribution in [0.1, 0.15) is 97.8 Å². The molecule has 0 radical (unpaired) electrons. The van der Waals surface area contributed by atoms with Crippen LogP contribution in [-0.4, -0.2) is 18.0 Å². The minimum Gasteiger partial charge on any atom is -0.386 e. The molecule has 0 aliphatic carbocycles. The van der Waals surface area contributed by atoms with Gasteiger partial charge in [0.05, 0.1) is 5.82 Å². The van der Waals surface area contributed by atoms with Gasteiger partial charge in [-0.1, -0.05) is 78.1 Å². The lowest BCUT2D eigenvalue weighted by Gasteiger charge is -2.25. The molecule has 0 aliphatic rings. The lowest BCUT2D eigenvalue weighted by atomic mass is 10.1. The highest BCUT2D eigenvalue weighted by molar-refractivity contribution is 4.93. The molecule has 0 amide bonds. The van der Waals surface area contributed by atoms with Gasteiger partial charge in [-0.15, -0.1) is 0 Å². The van der Waals surface area contributed by atoms with Crippen LogP contribution in [0.2, 0.25) is 0 Å². The van der Waals surface area contributed by atoms with E-state index in [-0.39, 0.29) is 0 Å². The number of nitrogens with two attached hydrogens (primary N) is 1. The Labute approximate surface area is 134 Å². The highest BCUT2D eigenvalue weighted by atomic mass is 15.2. The van der Waals surface area contributed by atoms with Crippen molar-refractivity contribution < 1.29 is 0 Å². The summed E-state index contributed by atoms with van der Waals surface area (Å²) in [5.74, 6) is 0.970. The zero-order valence-electron chi connectivity index (χ0n) is 15.0. The minimum atomic E-state index is 0.970. The van der Waals surface area contributed by atoms with E-state index in [9.17, 15) is 0 Å². The van der Waals surface area contributed by atoms with Crippen molar-refractivity contribution in [3.05, 3.63) is 11.9 Å². The highest BCUT2D eigenvalue weighted by Gasteiger charge is 2.05. The number of unbranched alkanes of at least 4 members (excludes halogenated alkanes) is 10. The molecule has 0 aromatic rings. The van der Waals surface area contributed by atoms with Gasteiger partial charge in [0.15, 0.2) is 0 Å². The number of hydrogen-bond donors (Lipinski definition) is 1. The van der Waals surface area contributed by atoms with Crippen molar-refractivity contribution in [2.75, 3.05) is 13.1 Å². The van der Waals surface area contributed by atoms with Crippen molar-refractivity contribution in [2.45, 2.75) is 97.8 Å². The van der Waals surface area contributed by atoms with Crippen LogP contribution < -0.4 is 5.73 Å². The zero-order chi connectivity index (χ0) is 15.8. The first kappa shape index (κ1) is 20.3. The van der Waals surface area contributed by atoms with Gasteiger partial charge in [-0.3, -0.25) is 0 Å². The molecule has 0 aromatic carbocycles. The second-order valence-corrected chi connectivity index (χ2v) is 6.24. The number of nitrogens with zero attached hydrogens (tertiary/aromatic N) is 1. The standard InChI is InChI=1S/C19H40N2/c1-4-7-9-11-13-15-17-21(19(20)6-3)18-16-14-12-10-8-5-2/h6H,4-5,7-18,20H2,1-3H3. The van der Waals surface area contributed by atoms with Gasteiger partial charge in [0.1, 0.15) is 0 Å². The van der Waals surface area contributed by atoms with E-state index in [0.29, 0.717) is 0 Å². The Morgan fingerprint density at radius 3 is 1.48 bits per heavy atom. The molecule has 0 unspecified atom stereocenters. The molecule has 0 fully saturated rings. The molecule has 126 valence electrons. The Balaban J connectivity index is 3.73. The molecule has 0 saturated heterocycles. The third kappa shape index (κ3) is 12.8. The van der Waals surface area contributed by atoms with E-state index < -0.39 is 0 Å². The Kier molecular flexibility index (Phi) is 15.2. The van der Waals surface area contributed by atoms with Crippen LogP contribution in [0.3, 0.4) is 0 Å². The Bertz CT molecular complexity index is 220. The smallest absolute Gasteiger partial charge is 0.0942 e. The predicted molar refractivity (Wildman–Crippen MR) is 96.3 cm³/mol. The average molecular weight is 297 g/mol. The summed E-state index contributed by atoms with van der Waals surface area (Å²) in [5.41, 5.74) is 6.13. The van der Waals surface area contributed by atoms with Crippen molar-refractivity contribution in [1.82, 2.24) is 4.90 Å². The van der Waals surface area contributed by atoms with E-state index in [4.69, 9.17) is 5.73 Å². The Hall–Kier alpha value is -0.660. The van der Waals surface area contributed by atoms with E-state index >= 15 is 0 Å². The summed E-state index contributed by atoms with van der Waals surface area (Å²) < 4.78 is 0. The Morgan fingerprint density at radius 1 is 0.714 bits per heavy atom. The van der Waals surface area contributed by atoms with Crippen LogP contribution in [0, 0.1) is 0 Å². The molecule has 0 heterocycles. The molecule has 0 spiro atoms. The lowest BCUT2D eigenvalue weighted by molar-refractivity contribution is 0.319. The first-order valence-corrected chi connectivity index (χ1v) is 9.42. The van der Waals surface area contributed by atoms with Gasteiger partial charge in [-0.05, 0) is 25.8 Å². The minimum absolute atomic E-state index is 0.970. The molecule has 0 rings (SSSR count). The van der Waals surface area contributed by atoms with Crippen LogP contribution >= 0.6 is 0 Å². The summed E-state index contributed by atoms with van der Waals surface area (Å²) in [7, 11) is 0. The van der Waals surface area contributed by atoms with Gasteiger partial charge in [0.25, 0.3) is 0 Å². The number of hydrogen-bond acceptors (Lipinski definition) is 2. The van der Waals surface area contributed by atoms with Crippen molar-refractivity contribution in [2.24, 2.45) is 5.73 Å². The monoisotopic (exact) mass is 296 g/mol. The maximum atomic E-state index is 6.13. The molecule has 0 aliphatic heterocycles. The summed E-state index contributed by atoms with van der Waals surface area (Å²) >= 11 is 0. The first-order chi connectivity index (χ1) is 10.3. The SMILES string of the molecule is CC=C(N)N(CCCCCCCC)CCCCCCCC. The topological polar surface area (TPSA) is 29.3 Å². The molecule has 0 bridgehead atoms. The second kappa shape index (κ2) is 15.7. The van der Waals surface area contributed by atoms with Crippen LogP contribution in [0.4, 0.5) is 0 Å². The summed E-state index contributed by atoms with van der Waals surface area (Å²) in [6.07, 6.45) is 18.3. The number of rotatable bonds is 15. The van der Waals surface area contributed by atoms with E-state index in [1.54, 1.807) is 0 Å². The molecule has 0 saturated carbocycles. The van der Waals surface area contributed by atoms with Crippen molar-refractivity contribution in [3.8, 4) is 0 Å². The van der Waals surface area contributed by atoms with Gasteiger partial charge < -0.3 is 10.6 Å². The van der Waals surface area contributed by atoms with Crippen molar-refractivity contribution in [3.63, 3.8) is 0 Å². The van der Waals surface area contributed by atoms with Crippen molar-refractivity contribution >= 4 is 0 Å². The highest BCUT2D eigenvalue weighted by Crippen LogP contribution is 2.10. The van der Waals surface area contributed by atoms with E-state index in [1.807, 2.05) is 13.0 Å². The van der Waals surface area contributed by atoms with Gasteiger partial charge in [-0.25, -0.2) is 0 Å². The molecule has 2 heteroatoms. The predicted octanol–water partition coefficient (Wildman–Crippen LogP) is 5.83. The van der Waals surface area contributed by atoms with Crippen LogP contribution in [0.5, 0.6) is 0 Å². The molecule has 21 heavy (non-hydrogen) atoms. The molecule has 0 aromatic heterocycles. The van der Waals surface area contributed by atoms with Crippen molar-refractivity contribution in [1.29, 1.82) is 0 Å². The van der Waals surface area contributed by atoms with E-state index in [0.717, 1.165) is 18.9 Å².